The normalized spacial score (nSPS) is 10.0. The molecule has 0 bridgehead atoms. The summed E-state index contributed by atoms with van der Waals surface area (Å²) in [6.45, 7) is 2.25. The molecule has 0 amide bonds. The Balaban J connectivity index is 2.60. The number of rotatable bonds is 6. The fraction of sp³-hybridized carbons (Fsp3) is 1.00. The summed E-state index contributed by atoms with van der Waals surface area (Å²) in [5.41, 5.74) is 0. The van der Waals surface area contributed by atoms with Crippen LogP contribution < -0.4 is 0 Å². The predicted molar refractivity (Wildman–Crippen MR) is 50.6 cm³/mol. The molecule has 0 atom stereocenters. The monoisotopic (exact) mass is 164 g/mol. The Bertz CT molecular complexity index is 40.2. The van der Waals surface area contributed by atoms with E-state index < -0.39 is 0 Å². The number of hydrogen-bond donors (Lipinski definition) is 0. The standard InChI is InChI=1S/C7H16S2/c1-3-4-5-9-7-6-8-2/h3-7H2,1-2H3. The molecule has 9 heavy (non-hydrogen) atoms. The Hall–Kier alpha value is 0.700. The SMILES string of the molecule is CCCCSCCSC. The van der Waals surface area contributed by atoms with Gasteiger partial charge in [-0.15, -0.1) is 0 Å². The highest BCUT2D eigenvalue weighted by Gasteiger charge is 1.85. The first-order valence-corrected chi connectivity index (χ1v) is 6.03. The maximum Gasteiger partial charge on any atom is 0.00234 e. The van der Waals surface area contributed by atoms with E-state index in [1.807, 2.05) is 11.8 Å². The third-order valence-corrected chi connectivity index (χ3v) is 3.01. The van der Waals surface area contributed by atoms with Crippen molar-refractivity contribution in [2.45, 2.75) is 19.8 Å². The number of thioether (sulfide) groups is 2. The summed E-state index contributed by atoms with van der Waals surface area (Å²) in [7, 11) is 0. The summed E-state index contributed by atoms with van der Waals surface area (Å²) < 4.78 is 0. The summed E-state index contributed by atoms with van der Waals surface area (Å²) >= 11 is 4.02. The lowest BCUT2D eigenvalue weighted by atomic mass is 10.4. The molecule has 0 spiro atoms. The fourth-order valence-electron chi connectivity index (χ4n) is 0.491. The Kier molecular flexibility index (Phi) is 9.38. The van der Waals surface area contributed by atoms with Crippen molar-refractivity contribution in [2.24, 2.45) is 0 Å². The van der Waals surface area contributed by atoms with Gasteiger partial charge in [0.2, 0.25) is 0 Å². The largest absolute Gasteiger partial charge is 0.165 e. The smallest absolute Gasteiger partial charge is 0.00234 e. The summed E-state index contributed by atoms with van der Waals surface area (Å²) in [6, 6.07) is 0. The highest BCUT2D eigenvalue weighted by atomic mass is 32.2. The Morgan fingerprint density at radius 3 is 2.44 bits per heavy atom. The average Bonchev–Trinajstić information content (AvgIpc) is 1.89. The first-order chi connectivity index (χ1) is 4.41. The summed E-state index contributed by atoms with van der Waals surface area (Å²) in [4.78, 5) is 0. The second-order valence-corrected chi connectivity index (χ2v) is 4.17. The highest BCUT2D eigenvalue weighted by molar-refractivity contribution is 8.02. The van der Waals surface area contributed by atoms with E-state index in [2.05, 4.69) is 24.9 Å². The van der Waals surface area contributed by atoms with Crippen molar-refractivity contribution in [2.75, 3.05) is 23.5 Å². The van der Waals surface area contributed by atoms with Crippen molar-refractivity contribution in [1.29, 1.82) is 0 Å². The van der Waals surface area contributed by atoms with Crippen LogP contribution in [0.2, 0.25) is 0 Å². The van der Waals surface area contributed by atoms with Crippen molar-refractivity contribution in [3.8, 4) is 0 Å². The Morgan fingerprint density at radius 1 is 1.11 bits per heavy atom. The first-order valence-electron chi connectivity index (χ1n) is 3.48. The van der Waals surface area contributed by atoms with Crippen LogP contribution in [0.25, 0.3) is 0 Å². The van der Waals surface area contributed by atoms with Crippen molar-refractivity contribution >= 4 is 23.5 Å². The van der Waals surface area contributed by atoms with E-state index in [9.17, 15) is 0 Å². The lowest BCUT2D eigenvalue weighted by Crippen LogP contribution is -1.84. The zero-order valence-electron chi connectivity index (χ0n) is 6.35. The average molecular weight is 164 g/mol. The zero-order valence-corrected chi connectivity index (χ0v) is 7.99. The van der Waals surface area contributed by atoms with Crippen molar-refractivity contribution in [3.63, 3.8) is 0 Å². The van der Waals surface area contributed by atoms with Gasteiger partial charge in [0.25, 0.3) is 0 Å². The van der Waals surface area contributed by atoms with Crippen molar-refractivity contribution in [1.82, 2.24) is 0 Å². The molecule has 0 saturated heterocycles. The molecule has 0 fully saturated rings. The third-order valence-electron chi connectivity index (χ3n) is 1.07. The molecule has 0 aliphatic heterocycles. The Morgan fingerprint density at radius 2 is 1.89 bits per heavy atom. The molecule has 0 aliphatic carbocycles. The van der Waals surface area contributed by atoms with E-state index in [-0.39, 0.29) is 0 Å². The minimum Gasteiger partial charge on any atom is -0.165 e. The van der Waals surface area contributed by atoms with Gasteiger partial charge in [0.15, 0.2) is 0 Å². The van der Waals surface area contributed by atoms with Crippen LogP contribution in [0.15, 0.2) is 0 Å². The van der Waals surface area contributed by atoms with Crippen LogP contribution in [0.4, 0.5) is 0 Å². The molecule has 0 saturated carbocycles. The molecule has 0 N–H and O–H groups in total. The van der Waals surface area contributed by atoms with Gasteiger partial charge in [-0.3, -0.25) is 0 Å². The van der Waals surface area contributed by atoms with Crippen LogP contribution in [-0.4, -0.2) is 23.5 Å². The van der Waals surface area contributed by atoms with Gasteiger partial charge in [-0.25, -0.2) is 0 Å². The molecule has 0 rings (SSSR count). The lowest BCUT2D eigenvalue weighted by Gasteiger charge is -1.96. The highest BCUT2D eigenvalue weighted by Crippen LogP contribution is 2.06. The quantitative estimate of drug-likeness (QED) is 0.554. The maximum absolute atomic E-state index is 2.25. The van der Waals surface area contributed by atoms with E-state index in [4.69, 9.17) is 0 Å². The molecule has 0 aromatic heterocycles. The minimum absolute atomic E-state index is 1.31. The molecule has 0 unspecified atom stereocenters. The fourth-order valence-corrected chi connectivity index (χ4v) is 2.33. The molecule has 0 aliphatic rings. The summed E-state index contributed by atoms with van der Waals surface area (Å²) in [6.07, 6.45) is 4.89. The topological polar surface area (TPSA) is 0 Å². The van der Waals surface area contributed by atoms with Crippen molar-refractivity contribution < 1.29 is 0 Å². The molecule has 0 heterocycles. The van der Waals surface area contributed by atoms with Crippen LogP contribution in [0.3, 0.4) is 0 Å². The zero-order chi connectivity index (χ0) is 6.95. The lowest BCUT2D eigenvalue weighted by molar-refractivity contribution is 0.896. The summed E-state index contributed by atoms with van der Waals surface area (Å²) in [5, 5.41) is 0. The van der Waals surface area contributed by atoms with Gasteiger partial charge in [-0.1, -0.05) is 13.3 Å². The van der Waals surface area contributed by atoms with Crippen LogP contribution in [0.1, 0.15) is 19.8 Å². The molecular formula is C7H16S2. The maximum atomic E-state index is 2.25. The second kappa shape index (κ2) is 8.70. The van der Waals surface area contributed by atoms with Gasteiger partial charge in [-0.2, -0.15) is 23.5 Å². The van der Waals surface area contributed by atoms with E-state index in [1.54, 1.807) is 0 Å². The Labute approximate surface area is 67.2 Å². The van der Waals surface area contributed by atoms with E-state index in [0.717, 1.165) is 0 Å². The molecule has 0 aromatic carbocycles. The number of unbranched alkanes of at least 4 members (excludes halogenated alkanes) is 1. The molecule has 0 radical (unpaired) electrons. The van der Waals surface area contributed by atoms with Gasteiger partial charge >= 0.3 is 0 Å². The van der Waals surface area contributed by atoms with Gasteiger partial charge < -0.3 is 0 Å². The van der Waals surface area contributed by atoms with E-state index in [1.165, 1.54) is 30.1 Å². The van der Waals surface area contributed by atoms with Crippen LogP contribution in [-0.2, 0) is 0 Å². The molecule has 0 aromatic rings. The van der Waals surface area contributed by atoms with Crippen molar-refractivity contribution in [3.05, 3.63) is 0 Å². The molecule has 0 nitrogen and oxygen atoms in total. The van der Waals surface area contributed by atoms with E-state index in [0.29, 0.717) is 0 Å². The van der Waals surface area contributed by atoms with E-state index >= 15 is 0 Å². The van der Waals surface area contributed by atoms with Gasteiger partial charge in [0.1, 0.15) is 0 Å². The van der Waals surface area contributed by atoms with Gasteiger partial charge in [0.05, 0.1) is 0 Å². The summed E-state index contributed by atoms with van der Waals surface area (Å²) in [5.74, 6) is 4.01. The minimum atomic E-state index is 1.31. The second-order valence-electron chi connectivity index (χ2n) is 1.96. The first kappa shape index (κ1) is 9.70. The third kappa shape index (κ3) is 8.70. The van der Waals surface area contributed by atoms with Gasteiger partial charge in [0, 0.05) is 11.5 Å². The molecular weight excluding hydrogens is 148 g/mol. The molecule has 56 valence electrons. The predicted octanol–water partition coefficient (Wildman–Crippen LogP) is 2.88. The van der Waals surface area contributed by atoms with Crippen LogP contribution >= 0.6 is 23.5 Å². The molecule has 2 heteroatoms. The van der Waals surface area contributed by atoms with Gasteiger partial charge in [-0.05, 0) is 18.4 Å². The number of hydrogen-bond acceptors (Lipinski definition) is 2. The van der Waals surface area contributed by atoms with Crippen LogP contribution in [0.5, 0.6) is 0 Å². The van der Waals surface area contributed by atoms with Crippen LogP contribution in [0, 0.1) is 0 Å².